The van der Waals surface area contributed by atoms with Crippen LogP contribution in [-0.2, 0) is 23.0 Å². The summed E-state index contributed by atoms with van der Waals surface area (Å²) in [6, 6.07) is 15.7. The Labute approximate surface area is 144 Å². The lowest BCUT2D eigenvalue weighted by Gasteiger charge is -2.11. The second-order valence-electron chi connectivity index (χ2n) is 5.58. The fraction of sp³-hybridized carbons (Fsp3) is 0.118. The number of rotatable bonds is 4. The van der Waals surface area contributed by atoms with Crippen molar-refractivity contribution in [3.63, 3.8) is 0 Å². The molecule has 1 aliphatic rings. The standard InChI is InChI=1S/C17H13N3O4S/c21-17-13-8-4-5-9-14(13)25(22,23)20(17)11-16-18-15(19-24-16)10-12-6-2-1-3-7-12/h1-9H,10-11H2. The molecule has 126 valence electrons. The van der Waals surface area contributed by atoms with Crippen molar-refractivity contribution in [2.75, 3.05) is 0 Å². The monoisotopic (exact) mass is 355 g/mol. The quantitative estimate of drug-likeness (QED) is 0.711. The van der Waals surface area contributed by atoms with Crippen molar-refractivity contribution in [1.29, 1.82) is 0 Å². The van der Waals surface area contributed by atoms with E-state index in [2.05, 4.69) is 10.1 Å². The Kier molecular flexibility index (Phi) is 3.61. The highest BCUT2D eigenvalue weighted by molar-refractivity contribution is 7.90. The predicted molar refractivity (Wildman–Crippen MR) is 87.0 cm³/mol. The molecular formula is C17H13N3O4S. The minimum atomic E-state index is -3.89. The number of carbonyl (C=O) groups is 1. The smallest absolute Gasteiger partial charge is 0.269 e. The fourth-order valence-corrected chi connectivity index (χ4v) is 4.23. The Balaban J connectivity index is 1.57. The maximum Gasteiger partial charge on any atom is 0.269 e. The van der Waals surface area contributed by atoms with Crippen LogP contribution in [0.3, 0.4) is 0 Å². The summed E-state index contributed by atoms with van der Waals surface area (Å²) in [6.07, 6.45) is 0.464. The average molecular weight is 355 g/mol. The normalized spacial score (nSPS) is 15.4. The van der Waals surface area contributed by atoms with Crippen LogP contribution < -0.4 is 0 Å². The number of benzene rings is 2. The van der Waals surface area contributed by atoms with Crippen molar-refractivity contribution in [3.8, 4) is 0 Å². The maximum atomic E-state index is 12.5. The number of amides is 1. The van der Waals surface area contributed by atoms with Crippen molar-refractivity contribution >= 4 is 15.9 Å². The van der Waals surface area contributed by atoms with Crippen LogP contribution in [0.1, 0.15) is 27.6 Å². The van der Waals surface area contributed by atoms with E-state index in [-0.39, 0.29) is 22.9 Å². The molecule has 2 aromatic carbocycles. The van der Waals surface area contributed by atoms with Gasteiger partial charge in [0, 0.05) is 6.42 Å². The van der Waals surface area contributed by atoms with E-state index < -0.39 is 15.9 Å². The van der Waals surface area contributed by atoms with Crippen molar-refractivity contribution in [2.45, 2.75) is 17.9 Å². The molecule has 0 radical (unpaired) electrons. The molecular weight excluding hydrogens is 342 g/mol. The van der Waals surface area contributed by atoms with E-state index in [1.54, 1.807) is 12.1 Å². The van der Waals surface area contributed by atoms with E-state index in [0.29, 0.717) is 12.2 Å². The molecule has 0 aliphatic carbocycles. The zero-order valence-corrected chi connectivity index (χ0v) is 13.8. The van der Waals surface area contributed by atoms with E-state index >= 15 is 0 Å². The molecule has 0 fully saturated rings. The van der Waals surface area contributed by atoms with Gasteiger partial charge in [0.05, 0.1) is 5.56 Å². The lowest BCUT2D eigenvalue weighted by Crippen LogP contribution is -2.29. The van der Waals surface area contributed by atoms with Gasteiger partial charge in [-0.15, -0.1) is 0 Å². The van der Waals surface area contributed by atoms with Gasteiger partial charge in [0.2, 0.25) is 5.89 Å². The first-order valence-electron chi connectivity index (χ1n) is 7.57. The number of fused-ring (bicyclic) bond motifs is 1. The summed E-state index contributed by atoms with van der Waals surface area (Å²) in [4.78, 5) is 16.6. The summed E-state index contributed by atoms with van der Waals surface area (Å²) in [5.41, 5.74) is 1.17. The Morgan fingerprint density at radius 3 is 2.48 bits per heavy atom. The molecule has 25 heavy (non-hydrogen) atoms. The molecule has 4 rings (SSSR count). The summed E-state index contributed by atoms with van der Waals surface area (Å²) >= 11 is 0. The van der Waals surface area contributed by atoms with E-state index in [1.165, 1.54) is 12.1 Å². The van der Waals surface area contributed by atoms with Crippen LogP contribution in [0.2, 0.25) is 0 Å². The first-order valence-corrected chi connectivity index (χ1v) is 9.01. The van der Waals surface area contributed by atoms with Crippen molar-refractivity contribution in [1.82, 2.24) is 14.4 Å². The third kappa shape index (κ3) is 2.70. The van der Waals surface area contributed by atoms with E-state index in [4.69, 9.17) is 4.52 Å². The summed E-state index contributed by atoms with van der Waals surface area (Å²) in [5, 5.41) is 3.86. The Morgan fingerprint density at radius 2 is 1.72 bits per heavy atom. The van der Waals surface area contributed by atoms with E-state index in [0.717, 1.165) is 9.87 Å². The summed E-state index contributed by atoms with van der Waals surface area (Å²) in [5.74, 6) is -0.0724. The molecule has 0 unspecified atom stereocenters. The third-order valence-corrected chi connectivity index (χ3v) is 5.69. The van der Waals surface area contributed by atoms with Gasteiger partial charge in [-0.2, -0.15) is 4.98 Å². The number of carbonyl (C=O) groups excluding carboxylic acids is 1. The summed E-state index contributed by atoms with van der Waals surface area (Å²) < 4.78 is 30.9. The van der Waals surface area contributed by atoms with Crippen LogP contribution in [0.4, 0.5) is 0 Å². The van der Waals surface area contributed by atoms with Gasteiger partial charge < -0.3 is 4.52 Å². The van der Waals surface area contributed by atoms with Crippen LogP contribution in [0.25, 0.3) is 0 Å². The average Bonchev–Trinajstić information content (AvgIpc) is 3.13. The molecule has 1 aliphatic heterocycles. The van der Waals surface area contributed by atoms with Crippen LogP contribution in [0, 0.1) is 0 Å². The van der Waals surface area contributed by atoms with Crippen LogP contribution in [0.5, 0.6) is 0 Å². The Morgan fingerprint density at radius 1 is 1.00 bits per heavy atom. The lowest BCUT2D eigenvalue weighted by atomic mass is 10.1. The van der Waals surface area contributed by atoms with Crippen molar-refractivity contribution < 1.29 is 17.7 Å². The number of hydrogen-bond donors (Lipinski definition) is 0. The van der Waals surface area contributed by atoms with Gasteiger partial charge in [-0.1, -0.05) is 47.6 Å². The molecule has 0 saturated heterocycles. The van der Waals surface area contributed by atoms with Crippen LogP contribution in [0.15, 0.2) is 64.0 Å². The Hall–Kier alpha value is -3.00. The zero-order valence-electron chi connectivity index (χ0n) is 13.0. The molecule has 7 nitrogen and oxygen atoms in total. The van der Waals surface area contributed by atoms with Gasteiger partial charge >= 0.3 is 0 Å². The first kappa shape index (κ1) is 15.5. The lowest BCUT2D eigenvalue weighted by molar-refractivity contribution is 0.0855. The molecule has 1 aromatic heterocycles. The third-order valence-electron chi connectivity index (χ3n) is 3.91. The molecule has 0 saturated carbocycles. The molecule has 0 bridgehead atoms. The second kappa shape index (κ2) is 5.82. The number of hydrogen-bond acceptors (Lipinski definition) is 6. The maximum absolute atomic E-state index is 12.5. The fourth-order valence-electron chi connectivity index (χ4n) is 2.71. The minimum absolute atomic E-state index is 0.00373. The number of sulfonamides is 1. The van der Waals surface area contributed by atoms with Gasteiger partial charge in [-0.05, 0) is 17.7 Å². The van der Waals surface area contributed by atoms with Gasteiger partial charge in [0.25, 0.3) is 15.9 Å². The number of aromatic nitrogens is 2. The first-order chi connectivity index (χ1) is 12.1. The van der Waals surface area contributed by atoms with Crippen LogP contribution in [-0.4, -0.2) is 28.8 Å². The SMILES string of the molecule is O=C1c2ccccc2S(=O)(=O)N1Cc1nc(Cc2ccccc2)no1. The Bertz CT molecular complexity index is 1040. The topological polar surface area (TPSA) is 93.4 Å². The van der Waals surface area contributed by atoms with Crippen molar-refractivity contribution in [3.05, 3.63) is 77.4 Å². The minimum Gasteiger partial charge on any atom is -0.337 e. The molecule has 8 heteroatoms. The molecule has 0 atom stereocenters. The van der Waals surface area contributed by atoms with Crippen molar-refractivity contribution in [2.24, 2.45) is 0 Å². The van der Waals surface area contributed by atoms with Gasteiger partial charge in [0.15, 0.2) is 5.82 Å². The van der Waals surface area contributed by atoms with Gasteiger partial charge in [-0.3, -0.25) is 4.79 Å². The molecule has 2 heterocycles. The van der Waals surface area contributed by atoms with Gasteiger partial charge in [-0.25, -0.2) is 12.7 Å². The molecule has 0 spiro atoms. The van der Waals surface area contributed by atoms with Crippen LogP contribution >= 0.6 is 0 Å². The molecule has 0 N–H and O–H groups in total. The summed E-state index contributed by atoms with van der Waals surface area (Å²) in [7, 11) is -3.89. The zero-order chi connectivity index (χ0) is 17.4. The largest absolute Gasteiger partial charge is 0.337 e. The highest BCUT2D eigenvalue weighted by Crippen LogP contribution is 2.30. The highest BCUT2D eigenvalue weighted by Gasteiger charge is 2.41. The molecule has 3 aromatic rings. The number of nitrogens with zero attached hydrogens (tertiary/aromatic N) is 3. The highest BCUT2D eigenvalue weighted by atomic mass is 32.2. The van der Waals surface area contributed by atoms with E-state index in [9.17, 15) is 13.2 Å². The van der Waals surface area contributed by atoms with E-state index in [1.807, 2.05) is 30.3 Å². The summed E-state index contributed by atoms with van der Waals surface area (Å²) in [6.45, 7) is -0.280. The predicted octanol–water partition coefficient (Wildman–Crippen LogP) is 2.01. The van der Waals surface area contributed by atoms with Gasteiger partial charge in [0.1, 0.15) is 11.4 Å². The molecule has 1 amide bonds. The second-order valence-corrected chi connectivity index (χ2v) is 7.41.